The summed E-state index contributed by atoms with van der Waals surface area (Å²) in [6.45, 7) is 11.4. The minimum Gasteiger partial charge on any atom is -0.361 e. The number of guanidine groups is 1. The van der Waals surface area contributed by atoms with Crippen molar-refractivity contribution < 1.29 is 4.52 Å². The van der Waals surface area contributed by atoms with Crippen LogP contribution in [0.25, 0.3) is 0 Å². The van der Waals surface area contributed by atoms with Crippen LogP contribution in [0.2, 0.25) is 0 Å². The molecular formula is C23H35IN4O. The molecule has 1 fully saturated rings. The van der Waals surface area contributed by atoms with E-state index in [2.05, 4.69) is 64.5 Å². The summed E-state index contributed by atoms with van der Waals surface area (Å²) in [5.41, 5.74) is 3.66. The fraction of sp³-hybridized carbons (Fsp3) is 0.565. The Labute approximate surface area is 192 Å². The molecule has 0 radical (unpaired) electrons. The summed E-state index contributed by atoms with van der Waals surface area (Å²) < 4.78 is 5.33. The molecule has 160 valence electrons. The zero-order valence-corrected chi connectivity index (χ0v) is 20.6. The second-order valence-electron chi connectivity index (χ2n) is 7.99. The van der Waals surface area contributed by atoms with Crippen molar-refractivity contribution in [2.24, 2.45) is 10.9 Å². The van der Waals surface area contributed by atoms with Crippen LogP contribution in [0.3, 0.4) is 0 Å². The van der Waals surface area contributed by atoms with Crippen molar-refractivity contribution in [2.75, 3.05) is 26.7 Å². The fourth-order valence-electron chi connectivity index (χ4n) is 4.65. The minimum absolute atomic E-state index is 0. The van der Waals surface area contributed by atoms with Crippen molar-refractivity contribution in [3.8, 4) is 0 Å². The van der Waals surface area contributed by atoms with Crippen LogP contribution in [0.4, 0.5) is 0 Å². The van der Waals surface area contributed by atoms with Crippen LogP contribution in [0.5, 0.6) is 0 Å². The van der Waals surface area contributed by atoms with E-state index in [1.165, 1.54) is 24.0 Å². The molecule has 1 aromatic heterocycles. The molecule has 1 aromatic carbocycles. The molecule has 0 saturated carbocycles. The Bertz CT molecular complexity index is 770. The summed E-state index contributed by atoms with van der Waals surface area (Å²) in [5.74, 6) is 3.53. The first-order valence-electron chi connectivity index (χ1n) is 10.5. The van der Waals surface area contributed by atoms with Crippen molar-refractivity contribution in [2.45, 2.75) is 52.4 Å². The molecule has 3 rings (SSSR count). The van der Waals surface area contributed by atoms with Gasteiger partial charge in [-0.25, -0.2) is 0 Å². The first-order valence-corrected chi connectivity index (χ1v) is 10.5. The average molecular weight is 510 g/mol. The number of aliphatic imine (C=N–C) groups is 1. The van der Waals surface area contributed by atoms with E-state index in [0.717, 1.165) is 37.0 Å². The van der Waals surface area contributed by atoms with Crippen LogP contribution >= 0.6 is 24.0 Å². The molecule has 6 heteroatoms. The van der Waals surface area contributed by atoms with E-state index >= 15 is 0 Å². The third-order valence-electron chi connectivity index (χ3n) is 6.15. The Morgan fingerprint density at radius 2 is 2.03 bits per heavy atom. The quantitative estimate of drug-likeness (QED) is 0.346. The van der Waals surface area contributed by atoms with Gasteiger partial charge in [-0.3, -0.25) is 4.99 Å². The average Bonchev–Trinajstić information content (AvgIpc) is 3.07. The number of rotatable bonds is 5. The summed E-state index contributed by atoms with van der Waals surface area (Å²) in [7, 11) is 1.88. The lowest BCUT2D eigenvalue weighted by atomic mass is 9.79. The van der Waals surface area contributed by atoms with Crippen molar-refractivity contribution in [1.82, 2.24) is 15.4 Å². The van der Waals surface area contributed by atoms with Crippen LogP contribution in [-0.2, 0) is 0 Å². The van der Waals surface area contributed by atoms with Gasteiger partial charge in [0.2, 0.25) is 0 Å². The van der Waals surface area contributed by atoms with E-state index in [-0.39, 0.29) is 24.0 Å². The Kier molecular flexibility index (Phi) is 8.99. The first kappa shape index (κ1) is 23.7. The Balaban J connectivity index is 0.00000300. The minimum atomic E-state index is 0. The monoisotopic (exact) mass is 510 g/mol. The van der Waals surface area contributed by atoms with E-state index in [9.17, 15) is 0 Å². The van der Waals surface area contributed by atoms with Crippen molar-refractivity contribution in [1.29, 1.82) is 0 Å². The van der Waals surface area contributed by atoms with Gasteiger partial charge in [0.15, 0.2) is 5.96 Å². The van der Waals surface area contributed by atoms with Gasteiger partial charge in [0.25, 0.3) is 0 Å². The van der Waals surface area contributed by atoms with Crippen molar-refractivity contribution in [3.05, 3.63) is 52.9 Å². The summed E-state index contributed by atoms with van der Waals surface area (Å²) in [5, 5.41) is 7.68. The molecular weight excluding hydrogens is 475 g/mol. The smallest absolute Gasteiger partial charge is 0.193 e. The third-order valence-corrected chi connectivity index (χ3v) is 6.15. The first-order chi connectivity index (χ1) is 13.5. The van der Waals surface area contributed by atoms with Gasteiger partial charge in [-0.1, -0.05) is 55.8 Å². The Morgan fingerprint density at radius 1 is 1.31 bits per heavy atom. The summed E-state index contributed by atoms with van der Waals surface area (Å²) in [4.78, 5) is 6.99. The summed E-state index contributed by atoms with van der Waals surface area (Å²) in [6.07, 6.45) is 2.35. The highest BCUT2D eigenvalue weighted by Crippen LogP contribution is 2.34. The molecule has 1 saturated heterocycles. The predicted molar refractivity (Wildman–Crippen MR) is 130 cm³/mol. The molecule has 1 aliphatic heterocycles. The lowest BCUT2D eigenvalue weighted by Gasteiger charge is -2.40. The largest absolute Gasteiger partial charge is 0.361 e. The highest BCUT2D eigenvalue weighted by Gasteiger charge is 2.30. The van der Waals surface area contributed by atoms with E-state index in [1.807, 2.05) is 20.9 Å². The number of hydrogen-bond donors (Lipinski definition) is 1. The second-order valence-corrected chi connectivity index (χ2v) is 7.99. The molecule has 3 unspecified atom stereocenters. The molecule has 1 aliphatic rings. The number of hydrogen-bond acceptors (Lipinski definition) is 3. The molecule has 0 aliphatic carbocycles. The van der Waals surface area contributed by atoms with Gasteiger partial charge in [0, 0.05) is 38.2 Å². The molecule has 5 nitrogen and oxygen atoms in total. The molecule has 2 heterocycles. The van der Waals surface area contributed by atoms with Crippen molar-refractivity contribution >= 4 is 29.9 Å². The van der Waals surface area contributed by atoms with Gasteiger partial charge in [0.1, 0.15) is 5.76 Å². The van der Waals surface area contributed by atoms with E-state index in [4.69, 9.17) is 4.52 Å². The van der Waals surface area contributed by atoms with Crippen LogP contribution < -0.4 is 5.32 Å². The zero-order chi connectivity index (χ0) is 20.1. The number of nitrogens with zero attached hydrogens (tertiary/aromatic N) is 3. The van der Waals surface area contributed by atoms with E-state index < -0.39 is 0 Å². The standard InChI is InChI=1S/C23H34N4O.HI/c1-6-19-15-27(13-12-21(19)20-10-8-7-9-11-20)23(24-5)25-14-16(2)22-17(3)26-28-18(22)4;/h7-11,16,19,21H,6,12-15H2,1-5H3,(H,24,25);1H. The molecule has 0 bridgehead atoms. The van der Waals surface area contributed by atoms with Crippen LogP contribution in [-0.4, -0.2) is 42.7 Å². The number of halogens is 1. The number of benzene rings is 1. The fourth-order valence-corrected chi connectivity index (χ4v) is 4.65. The van der Waals surface area contributed by atoms with Crippen LogP contribution in [0, 0.1) is 19.8 Å². The maximum Gasteiger partial charge on any atom is 0.193 e. The predicted octanol–water partition coefficient (Wildman–Crippen LogP) is 5.10. The zero-order valence-electron chi connectivity index (χ0n) is 18.3. The number of aryl methyl sites for hydroxylation is 2. The topological polar surface area (TPSA) is 53.7 Å². The van der Waals surface area contributed by atoms with Gasteiger partial charge in [-0.05, 0) is 37.7 Å². The molecule has 2 aromatic rings. The van der Waals surface area contributed by atoms with Gasteiger partial charge in [-0.15, -0.1) is 24.0 Å². The van der Waals surface area contributed by atoms with Gasteiger partial charge >= 0.3 is 0 Å². The summed E-state index contributed by atoms with van der Waals surface area (Å²) >= 11 is 0. The Hall–Kier alpha value is -1.57. The van der Waals surface area contributed by atoms with E-state index in [1.54, 1.807) is 0 Å². The van der Waals surface area contributed by atoms with Crippen LogP contribution in [0.15, 0.2) is 39.8 Å². The molecule has 1 N–H and O–H groups in total. The highest BCUT2D eigenvalue weighted by molar-refractivity contribution is 14.0. The summed E-state index contributed by atoms with van der Waals surface area (Å²) in [6, 6.07) is 11.0. The molecule has 0 spiro atoms. The Morgan fingerprint density at radius 3 is 2.62 bits per heavy atom. The maximum absolute atomic E-state index is 5.33. The van der Waals surface area contributed by atoms with E-state index in [0.29, 0.717) is 17.8 Å². The SMILES string of the molecule is CCC1CN(C(=NC)NCC(C)c2c(C)noc2C)CCC1c1ccccc1.I. The maximum atomic E-state index is 5.33. The van der Waals surface area contributed by atoms with Gasteiger partial charge in [-0.2, -0.15) is 0 Å². The number of likely N-dealkylation sites (tertiary alicyclic amines) is 1. The number of aromatic nitrogens is 1. The molecule has 29 heavy (non-hydrogen) atoms. The third kappa shape index (κ3) is 5.53. The normalized spacial score (nSPS) is 20.9. The number of piperidine rings is 1. The van der Waals surface area contributed by atoms with Crippen LogP contribution in [0.1, 0.15) is 61.1 Å². The van der Waals surface area contributed by atoms with Gasteiger partial charge < -0.3 is 14.7 Å². The lowest BCUT2D eigenvalue weighted by Crippen LogP contribution is -2.49. The number of nitrogens with one attached hydrogen (secondary N) is 1. The molecule has 0 amide bonds. The highest BCUT2D eigenvalue weighted by atomic mass is 127. The molecule has 3 atom stereocenters. The van der Waals surface area contributed by atoms with Gasteiger partial charge in [0.05, 0.1) is 5.69 Å². The van der Waals surface area contributed by atoms with Crippen molar-refractivity contribution in [3.63, 3.8) is 0 Å². The second kappa shape index (κ2) is 11.0. The lowest BCUT2D eigenvalue weighted by molar-refractivity contribution is 0.215.